The van der Waals surface area contributed by atoms with E-state index in [1.165, 1.54) is 16.8 Å². The van der Waals surface area contributed by atoms with Gasteiger partial charge in [0.15, 0.2) is 0 Å². The maximum Gasteiger partial charge on any atom is 0.328 e. The molecule has 0 radical (unpaired) electrons. The summed E-state index contributed by atoms with van der Waals surface area (Å²) in [6.07, 6.45) is 3.37. The Morgan fingerprint density at radius 2 is 2.30 bits per heavy atom. The van der Waals surface area contributed by atoms with Crippen LogP contribution in [0.25, 0.3) is 0 Å². The SMILES string of the molecule is CCCN1CCC(NC(=O)Cn2ccc(=O)[nH]c2=O)C1. The van der Waals surface area contributed by atoms with Gasteiger partial charge in [-0.2, -0.15) is 0 Å². The summed E-state index contributed by atoms with van der Waals surface area (Å²) in [6, 6.07) is 1.38. The van der Waals surface area contributed by atoms with E-state index in [1.54, 1.807) is 0 Å². The van der Waals surface area contributed by atoms with Gasteiger partial charge in [0, 0.05) is 31.4 Å². The van der Waals surface area contributed by atoms with E-state index < -0.39 is 11.2 Å². The van der Waals surface area contributed by atoms with Gasteiger partial charge in [-0.25, -0.2) is 4.79 Å². The molecule has 110 valence electrons. The van der Waals surface area contributed by atoms with Gasteiger partial charge in [0.25, 0.3) is 5.56 Å². The highest BCUT2D eigenvalue weighted by Crippen LogP contribution is 2.09. The van der Waals surface area contributed by atoms with Crippen LogP contribution in [0.15, 0.2) is 21.9 Å². The molecule has 20 heavy (non-hydrogen) atoms. The fourth-order valence-corrected chi connectivity index (χ4v) is 2.47. The first-order valence-electron chi connectivity index (χ1n) is 6.90. The van der Waals surface area contributed by atoms with Gasteiger partial charge in [0.1, 0.15) is 6.54 Å². The Morgan fingerprint density at radius 3 is 3.00 bits per heavy atom. The van der Waals surface area contributed by atoms with E-state index in [-0.39, 0.29) is 18.5 Å². The van der Waals surface area contributed by atoms with Crippen molar-refractivity contribution in [3.05, 3.63) is 33.1 Å². The average molecular weight is 280 g/mol. The number of carbonyl (C=O) groups excluding carboxylic acids is 1. The number of amides is 1. The zero-order chi connectivity index (χ0) is 14.5. The molecule has 1 aliphatic heterocycles. The molecule has 1 atom stereocenters. The molecule has 7 heteroatoms. The molecular weight excluding hydrogens is 260 g/mol. The molecule has 1 aromatic rings. The molecule has 2 N–H and O–H groups in total. The number of likely N-dealkylation sites (tertiary alicyclic amines) is 1. The molecule has 1 aromatic heterocycles. The van der Waals surface area contributed by atoms with Gasteiger partial charge >= 0.3 is 5.69 Å². The lowest BCUT2D eigenvalue weighted by Crippen LogP contribution is -2.41. The third-order valence-electron chi connectivity index (χ3n) is 3.39. The van der Waals surface area contributed by atoms with Crippen molar-refractivity contribution in [1.82, 2.24) is 19.8 Å². The van der Waals surface area contributed by atoms with Gasteiger partial charge in [-0.05, 0) is 19.4 Å². The molecule has 0 bridgehead atoms. The number of nitrogens with one attached hydrogen (secondary N) is 2. The summed E-state index contributed by atoms with van der Waals surface area (Å²) in [6.45, 7) is 4.97. The normalized spacial score (nSPS) is 19.1. The Labute approximate surface area is 116 Å². The van der Waals surface area contributed by atoms with E-state index in [0.717, 1.165) is 32.5 Å². The maximum absolute atomic E-state index is 11.9. The number of hydrogen-bond acceptors (Lipinski definition) is 4. The average Bonchev–Trinajstić information content (AvgIpc) is 2.81. The topological polar surface area (TPSA) is 87.2 Å². The zero-order valence-corrected chi connectivity index (χ0v) is 11.6. The molecule has 1 unspecified atom stereocenters. The van der Waals surface area contributed by atoms with E-state index >= 15 is 0 Å². The molecule has 1 saturated heterocycles. The largest absolute Gasteiger partial charge is 0.350 e. The van der Waals surface area contributed by atoms with Crippen LogP contribution in [-0.4, -0.2) is 46.0 Å². The van der Waals surface area contributed by atoms with Crippen molar-refractivity contribution in [3.63, 3.8) is 0 Å². The number of aromatic nitrogens is 2. The minimum atomic E-state index is -0.563. The summed E-state index contributed by atoms with van der Waals surface area (Å²) < 4.78 is 1.19. The highest BCUT2D eigenvalue weighted by molar-refractivity contribution is 5.76. The van der Waals surface area contributed by atoms with Crippen molar-refractivity contribution in [1.29, 1.82) is 0 Å². The molecule has 7 nitrogen and oxygen atoms in total. The Morgan fingerprint density at radius 1 is 1.50 bits per heavy atom. The maximum atomic E-state index is 11.9. The van der Waals surface area contributed by atoms with Crippen LogP contribution in [-0.2, 0) is 11.3 Å². The Balaban J connectivity index is 1.87. The van der Waals surface area contributed by atoms with E-state index in [4.69, 9.17) is 0 Å². The molecular formula is C13H20N4O3. The van der Waals surface area contributed by atoms with Crippen LogP contribution in [0.4, 0.5) is 0 Å². The molecule has 0 aromatic carbocycles. The van der Waals surface area contributed by atoms with Crippen molar-refractivity contribution in [2.45, 2.75) is 32.4 Å². The number of nitrogens with zero attached hydrogens (tertiary/aromatic N) is 2. The predicted octanol–water partition coefficient (Wildman–Crippen LogP) is -0.863. The Kier molecular flexibility index (Phi) is 4.73. The lowest BCUT2D eigenvalue weighted by Gasteiger charge is -2.15. The molecule has 1 aliphatic rings. The quantitative estimate of drug-likeness (QED) is 0.734. The molecule has 1 amide bonds. The molecule has 0 aliphatic carbocycles. The van der Waals surface area contributed by atoms with Crippen LogP contribution < -0.4 is 16.6 Å². The molecule has 0 saturated carbocycles. The number of H-pyrrole nitrogens is 1. The predicted molar refractivity (Wildman–Crippen MR) is 74.6 cm³/mol. The van der Waals surface area contributed by atoms with Gasteiger partial charge in [-0.3, -0.25) is 19.1 Å². The second-order valence-corrected chi connectivity index (χ2v) is 5.09. The van der Waals surface area contributed by atoms with Crippen LogP contribution in [0.3, 0.4) is 0 Å². The molecule has 0 spiro atoms. The third-order valence-corrected chi connectivity index (χ3v) is 3.39. The van der Waals surface area contributed by atoms with Crippen LogP contribution in [0, 0.1) is 0 Å². The Bertz CT molecular complexity index is 577. The standard InChI is InChI=1S/C13H20N4O3/c1-2-5-16-6-3-10(8-16)14-12(19)9-17-7-4-11(18)15-13(17)20/h4,7,10H,2-3,5-6,8-9H2,1H3,(H,14,19)(H,15,18,20). The van der Waals surface area contributed by atoms with Gasteiger partial charge in [-0.1, -0.05) is 6.92 Å². The van der Waals surface area contributed by atoms with Crippen molar-refractivity contribution in [3.8, 4) is 0 Å². The van der Waals surface area contributed by atoms with Crippen LogP contribution in [0.5, 0.6) is 0 Å². The fraction of sp³-hybridized carbons (Fsp3) is 0.615. The van der Waals surface area contributed by atoms with Crippen molar-refractivity contribution >= 4 is 5.91 Å². The summed E-state index contributed by atoms with van der Waals surface area (Å²) in [5.41, 5.74) is -1.02. The van der Waals surface area contributed by atoms with E-state index in [9.17, 15) is 14.4 Å². The Hall–Kier alpha value is -1.89. The van der Waals surface area contributed by atoms with E-state index in [0.29, 0.717) is 0 Å². The molecule has 2 heterocycles. The summed E-state index contributed by atoms with van der Waals surface area (Å²) in [5, 5.41) is 2.93. The van der Waals surface area contributed by atoms with Crippen molar-refractivity contribution < 1.29 is 4.79 Å². The van der Waals surface area contributed by atoms with Crippen molar-refractivity contribution in [2.24, 2.45) is 0 Å². The lowest BCUT2D eigenvalue weighted by molar-refractivity contribution is -0.122. The first-order valence-corrected chi connectivity index (χ1v) is 6.90. The lowest BCUT2D eigenvalue weighted by atomic mass is 10.2. The van der Waals surface area contributed by atoms with Gasteiger partial charge in [-0.15, -0.1) is 0 Å². The van der Waals surface area contributed by atoms with Crippen LogP contribution in [0.1, 0.15) is 19.8 Å². The first kappa shape index (κ1) is 14.5. The van der Waals surface area contributed by atoms with Crippen molar-refractivity contribution in [2.75, 3.05) is 19.6 Å². The molecule has 2 rings (SSSR count). The number of rotatable bonds is 5. The highest BCUT2D eigenvalue weighted by Gasteiger charge is 2.23. The van der Waals surface area contributed by atoms with Gasteiger partial charge < -0.3 is 10.2 Å². The number of carbonyl (C=O) groups is 1. The monoisotopic (exact) mass is 280 g/mol. The second-order valence-electron chi connectivity index (χ2n) is 5.09. The minimum absolute atomic E-state index is 0.0696. The second kappa shape index (κ2) is 6.51. The third kappa shape index (κ3) is 3.80. The van der Waals surface area contributed by atoms with E-state index in [2.05, 4.69) is 22.1 Å². The van der Waals surface area contributed by atoms with Crippen LogP contribution in [0.2, 0.25) is 0 Å². The molecule has 1 fully saturated rings. The van der Waals surface area contributed by atoms with Gasteiger partial charge in [0.2, 0.25) is 5.91 Å². The summed E-state index contributed by atoms with van der Waals surface area (Å²) in [4.78, 5) is 38.7. The minimum Gasteiger partial charge on any atom is -0.350 e. The first-order chi connectivity index (χ1) is 9.58. The van der Waals surface area contributed by atoms with Gasteiger partial charge in [0.05, 0.1) is 0 Å². The highest BCUT2D eigenvalue weighted by atomic mass is 16.2. The number of aromatic amines is 1. The summed E-state index contributed by atoms with van der Waals surface area (Å²) in [7, 11) is 0. The summed E-state index contributed by atoms with van der Waals surface area (Å²) in [5.74, 6) is -0.206. The van der Waals surface area contributed by atoms with Crippen LogP contribution >= 0.6 is 0 Å². The smallest absolute Gasteiger partial charge is 0.328 e. The zero-order valence-electron chi connectivity index (χ0n) is 11.6. The fourth-order valence-electron chi connectivity index (χ4n) is 2.47. The number of hydrogen-bond donors (Lipinski definition) is 2. The summed E-state index contributed by atoms with van der Waals surface area (Å²) >= 11 is 0. The van der Waals surface area contributed by atoms with E-state index in [1.807, 2.05) is 0 Å².